The van der Waals surface area contributed by atoms with Crippen LogP contribution in [0.25, 0.3) is 0 Å². The summed E-state index contributed by atoms with van der Waals surface area (Å²) >= 11 is 0. The van der Waals surface area contributed by atoms with Crippen molar-refractivity contribution in [2.45, 2.75) is 18.9 Å². The molecule has 0 aliphatic carbocycles. The van der Waals surface area contributed by atoms with E-state index in [0.717, 1.165) is 0 Å². The molecule has 72 valence electrons. The maximum absolute atomic E-state index is 10.3. The van der Waals surface area contributed by atoms with Crippen LogP contribution >= 0.6 is 0 Å². The molecule has 0 aliphatic heterocycles. The summed E-state index contributed by atoms with van der Waals surface area (Å²) in [7, 11) is 0. The Kier molecular flexibility index (Phi) is 5.59. The summed E-state index contributed by atoms with van der Waals surface area (Å²) in [6.07, 6.45) is 1.03. The van der Waals surface area contributed by atoms with Crippen LogP contribution in [0.5, 0.6) is 0 Å². The minimum atomic E-state index is -1.41. The first-order chi connectivity index (χ1) is 6.18. The summed E-state index contributed by atoms with van der Waals surface area (Å²) in [4.78, 5) is 28.1. The molecule has 0 saturated heterocycles. The Hall–Kier alpha value is -1.32. The van der Waals surface area contributed by atoms with Crippen molar-refractivity contribution < 1.29 is 9.59 Å². The highest BCUT2D eigenvalue weighted by atomic mass is 16.1. The first-order valence-corrected chi connectivity index (χ1v) is 3.98. The molecule has 0 atom stereocenters. The average Bonchev–Trinajstić information content (AvgIpc) is 2.17. The molecule has 0 aliphatic rings. The van der Waals surface area contributed by atoms with Crippen LogP contribution in [0.2, 0.25) is 0 Å². The van der Waals surface area contributed by atoms with Gasteiger partial charge in [-0.1, -0.05) is 0 Å². The lowest BCUT2D eigenvalue weighted by atomic mass is 10.0. The molecule has 0 heterocycles. The fourth-order valence-corrected chi connectivity index (χ4v) is 0.566. The van der Waals surface area contributed by atoms with E-state index in [1.165, 1.54) is 0 Å². The predicted molar refractivity (Wildman–Crippen MR) is 48.9 cm³/mol. The van der Waals surface area contributed by atoms with Crippen molar-refractivity contribution in [3.63, 3.8) is 0 Å². The van der Waals surface area contributed by atoms with Crippen LogP contribution in [0.3, 0.4) is 0 Å². The quantitative estimate of drug-likeness (QED) is 0.347. The van der Waals surface area contributed by atoms with Crippen molar-refractivity contribution in [2.75, 3.05) is 13.1 Å². The van der Waals surface area contributed by atoms with Gasteiger partial charge in [0.2, 0.25) is 0 Å². The van der Waals surface area contributed by atoms with E-state index in [1.54, 1.807) is 0 Å². The zero-order chi connectivity index (χ0) is 10.2. The molecule has 0 aromatic heterocycles. The van der Waals surface area contributed by atoms with E-state index in [0.29, 0.717) is 19.1 Å². The normalized spacial score (nSPS) is 10.0. The average molecular weight is 183 g/mol. The Morgan fingerprint density at radius 2 is 2.00 bits per heavy atom. The highest BCUT2D eigenvalue weighted by Gasteiger charge is 2.22. The minimum absolute atomic E-state index is 0.187. The van der Waals surface area contributed by atoms with Gasteiger partial charge in [0.1, 0.15) is 18.1 Å². The van der Waals surface area contributed by atoms with Gasteiger partial charge in [0, 0.05) is 6.54 Å². The highest BCUT2D eigenvalue weighted by Crippen LogP contribution is 1.98. The second kappa shape index (κ2) is 6.22. The first kappa shape index (κ1) is 11.7. The zero-order valence-electron chi connectivity index (χ0n) is 7.56. The molecule has 5 nitrogen and oxygen atoms in total. The maximum atomic E-state index is 10.3. The van der Waals surface area contributed by atoms with Crippen LogP contribution in [-0.4, -0.2) is 37.2 Å². The van der Waals surface area contributed by atoms with Crippen molar-refractivity contribution in [1.29, 1.82) is 0 Å². The minimum Gasteiger partial charge on any atom is -0.313 e. The maximum Gasteiger partial charge on any atom is 0.147 e. The SMILES string of the molecule is CCN=C=NCCC(N)(C=O)C=O. The molecule has 0 unspecified atom stereocenters. The van der Waals surface area contributed by atoms with Gasteiger partial charge in [0.05, 0.1) is 12.6 Å². The first-order valence-electron chi connectivity index (χ1n) is 3.98. The van der Waals surface area contributed by atoms with Crippen LogP contribution in [0.15, 0.2) is 9.98 Å². The summed E-state index contributed by atoms with van der Waals surface area (Å²) in [5.41, 5.74) is 3.95. The summed E-state index contributed by atoms with van der Waals surface area (Å²) in [5.74, 6) is 0. The van der Waals surface area contributed by atoms with Crippen LogP contribution in [-0.2, 0) is 9.59 Å². The number of carbonyl (C=O) groups excluding carboxylic acids is 2. The van der Waals surface area contributed by atoms with E-state index in [2.05, 4.69) is 16.0 Å². The third kappa shape index (κ3) is 5.00. The molecule has 0 rings (SSSR count). The van der Waals surface area contributed by atoms with Gasteiger partial charge in [0.15, 0.2) is 0 Å². The summed E-state index contributed by atoms with van der Waals surface area (Å²) < 4.78 is 0. The van der Waals surface area contributed by atoms with Gasteiger partial charge in [-0.15, -0.1) is 0 Å². The smallest absolute Gasteiger partial charge is 0.147 e. The van der Waals surface area contributed by atoms with Crippen LogP contribution in [0.4, 0.5) is 0 Å². The van der Waals surface area contributed by atoms with E-state index in [1.807, 2.05) is 6.92 Å². The van der Waals surface area contributed by atoms with Gasteiger partial charge < -0.3 is 15.3 Å². The monoisotopic (exact) mass is 183 g/mol. The van der Waals surface area contributed by atoms with Gasteiger partial charge in [-0.3, -0.25) is 0 Å². The predicted octanol–water partition coefficient (Wildman–Crippen LogP) is -0.334. The largest absolute Gasteiger partial charge is 0.313 e. The summed E-state index contributed by atoms with van der Waals surface area (Å²) in [5, 5.41) is 0. The zero-order valence-corrected chi connectivity index (χ0v) is 7.56. The second-order valence-corrected chi connectivity index (χ2v) is 2.55. The number of aldehydes is 2. The molecule has 0 saturated carbocycles. The van der Waals surface area contributed by atoms with Crippen molar-refractivity contribution in [2.24, 2.45) is 15.7 Å². The third-order valence-corrected chi connectivity index (χ3v) is 1.39. The fraction of sp³-hybridized carbons (Fsp3) is 0.625. The Morgan fingerprint density at radius 1 is 1.38 bits per heavy atom. The number of hydrogen-bond donors (Lipinski definition) is 1. The second-order valence-electron chi connectivity index (χ2n) is 2.55. The molecule has 0 spiro atoms. The van der Waals surface area contributed by atoms with E-state index < -0.39 is 5.54 Å². The Bertz CT molecular complexity index is 224. The lowest BCUT2D eigenvalue weighted by Crippen LogP contribution is -2.43. The van der Waals surface area contributed by atoms with Crippen molar-refractivity contribution in [1.82, 2.24) is 0 Å². The van der Waals surface area contributed by atoms with Crippen LogP contribution < -0.4 is 5.73 Å². The Labute approximate surface area is 76.7 Å². The molecule has 0 aromatic rings. The molecule has 5 heteroatoms. The number of hydrogen-bond acceptors (Lipinski definition) is 5. The van der Waals surface area contributed by atoms with Crippen molar-refractivity contribution in [3.8, 4) is 0 Å². The number of carbonyl (C=O) groups is 2. The highest BCUT2D eigenvalue weighted by molar-refractivity contribution is 5.88. The molecule has 0 aromatic carbocycles. The van der Waals surface area contributed by atoms with E-state index in [-0.39, 0.29) is 13.0 Å². The molecule has 2 N–H and O–H groups in total. The fourth-order valence-electron chi connectivity index (χ4n) is 0.566. The molecule has 0 amide bonds. The lowest BCUT2D eigenvalue weighted by molar-refractivity contribution is -0.121. The van der Waals surface area contributed by atoms with E-state index in [4.69, 9.17) is 5.73 Å². The van der Waals surface area contributed by atoms with Crippen LogP contribution in [0, 0.1) is 0 Å². The van der Waals surface area contributed by atoms with Gasteiger partial charge in [-0.05, 0) is 13.3 Å². The van der Waals surface area contributed by atoms with E-state index >= 15 is 0 Å². The molecule has 0 fully saturated rings. The molecule has 0 radical (unpaired) electrons. The molecule has 0 bridgehead atoms. The van der Waals surface area contributed by atoms with Crippen LogP contribution in [0.1, 0.15) is 13.3 Å². The van der Waals surface area contributed by atoms with E-state index in [9.17, 15) is 9.59 Å². The standard InChI is InChI=1S/C8H13N3O2/c1-2-10-7-11-4-3-8(9,5-12)6-13/h5-6H,2-4,9H2,1H3. The topological polar surface area (TPSA) is 84.9 Å². The Morgan fingerprint density at radius 3 is 2.46 bits per heavy atom. The molecular formula is C8H13N3O2. The Balaban J connectivity index is 3.93. The number of nitrogens with zero attached hydrogens (tertiary/aromatic N) is 2. The summed E-state index contributed by atoms with van der Waals surface area (Å²) in [6, 6.07) is 2.42. The molecule has 13 heavy (non-hydrogen) atoms. The van der Waals surface area contributed by atoms with Gasteiger partial charge >= 0.3 is 0 Å². The summed E-state index contributed by atoms with van der Waals surface area (Å²) in [6.45, 7) is 2.74. The van der Waals surface area contributed by atoms with Crippen molar-refractivity contribution >= 4 is 18.6 Å². The van der Waals surface area contributed by atoms with Gasteiger partial charge in [-0.2, -0.15) is 0 Å². The van der Waals surface area contributed by atoms with Gasteiger partial charge in [-0.25, -0.2) is 9.98 Å². The number of aliphatic imine (C=N–C) groups is 2. The number of nitrogens with two attached hydrogens (primary N) is 1. The number of rotatable bonds is 6. The molecular weight excluding hydrogens is 170 g/mol. The van der Waals surface area contributed by atoms with Gasteiger partial charge in [0.25, 0.3) is 0 Å². The van der Waals surface area contributed by atoms with Crippen molar-refractivity contribution in [3.05, 3.63) is 0 Å². The lowest BCUT2D eigenvalue weighted by Gasteiger charge is -2.11. The third-order valence-electron chi connectivity index (χ3n) is 1.39.